The molecule has 1 aromatic heterocycles. The van der Waals surface area contributed by atoms with E-state index in [0.717, 1.165) is 12.0 Å². The lowest BCUT2D eigenvalue weighted by atomic mass is 10.3. The fraction of sp³-hybridized carbons (Fsp3) is 0.600. The summed E-state index contributed by atoms with van der Waals surface area (Å²) >= 11 is 0. The van der Waals surface area contributed by atoms with Crippen LogP contribution in [-0.2, 0) is 18.3 Å². The Labute approximate surface area is 99.3 Å². The van der Waals surface area contributed by atoms with Crippen LogP contribution < -0.4 is 16.4 Å². The van der Waals surface area contributed by atoms with Crippen LogP contribution in [0.15, 0.2) is 6.20 Å². The lowest BCUT2D eigenvalue weighted by Crippen LogP contribution is -2.38. The van der Waals surface area contributed by atoms with Gasteiger partial charge in [0.2, 0.25) is 0 Å². The molecule has 1 saturated heterocycles. The standard InChI is InChI=1S/C10H17N5O2/c1-15-9(7(4-11)5-12-15)14-10(16)13-8-2-3-17-6-8/h5,8H,2-4,6,11H2,1H3,(H2,13,14,16). The number of carbonyl (C=O) groups is 1. The summed E-state index contributed by atoms with van der Waals surface area (Å²) in [5, 5.41) is 9.63. The van der Waals surface area contributed by atoms with E-state index in [4.69, 9.17) is 10.5 Å². The summed E-state index contributed by atoms with van der Waals surface area (Å²) < 4.78 is 6.77. The molecule has 0 saturated carbocycles. The van der Waals surface area contributed by atoms with Gasteiger partial charge in [0.15, 0.2) is 0 Å². The number of aryl methyl sites for hydroxylation is 1. The minimum absolute atomic E-state index is 0.0876. The van der Waals surface area contributed by atoms with Gasteiger partial charge in [0.05, 0.1) is 18.8 Å². The van der Waals surface area contributed by atoms with Gasteiger partial charge in [-0.25, -0.2) is 4.79 Å². The van der Waals surface area contributed by atoms with Crippen LogP contribution in [0.5, 0.6) is 0 Å². The van der Waals surface area contributed by atoms with Crippen molar-refractivity contribution in [2.75, 3.05) is 18.5 Å². The zero-order valence-electron chi connectivity index (χ0n) is 9.77. The van der Waals surface area contributed by atoms with Crippen molar-refractivity contribution in [2.45, 2.75) is 19.0 Å². The van der Waals surface area contributed by atoms with Crippen LogP contribution >= 0.6 is 0 Å². The maximum atomic E-state index is 11.7. The number of carbonyl (C=O) groups excluding carboxylic acids is 1. The van der Waals surface area contributed by atoms with Gasteiger partial charge in [-0.2, -0.15) is 5.10 Å². The molecule has 1 fully saturated rings. The Kier molecular flexibility index (Phi) is 3.60. The number of hydrogen-bond acceptors (Lipinski definition) is 4. The average Bonchev–Trinajstić information content (AvgIpc) is 2.90. The van der Waals surface area contributed by atoms with Crippen molar-refractivity contribution >= 4 is 11.8 Å². The first kappa shape index (κ1) is 11.9. The van der Waals surface area contributed by atoms with Crippen molar-refractivity contribution in [2.24, 2.45) is 12.8 Å². The fourth-order valence-corrected chi connectivity index (χ4v) is 1.77. The van der Waals surface area contributed by atoms with Crippen molar-refractivity contribution in [1.29, 1.82) is 0 Å². The van der Waals surface area contributed by atoms with Gasteiger partial charge in [-0.3, -0.25) is 10.00 Å². The van der Waals surface area contributed by atoms with Crippen molar-refractivity contribution in [3.8, 4) is 0 Å². The van der Waals surface area contributed by atoms with Crippen LogP contribution in [0, 0.1) is 0 Å². The van der Waals surface area contributed by atoms with Gasteiger partial charge in [0.25, 0.3) is 0 Å². The minimum Gasteiger partial charge on any atom is -0.379 e. The Morgan fingerprint density at radius 2 is 2.59 bits per heavy atom. The molecule has 7 heteroatoms. The van der Waals surface area contributed by atoms with Crippen LogP contribution in [0.1, 0.15) is 12.0 Å². The van der Waals surface area contributed by atoms with Crippen LogP contribution in [0.25, 0.3) is 0 Å². The maximum Gasteiger partial charge on any atom is 0.320 e. The van der Waals surface area contributed by atoms with E-state index in [1.165, 1.54) is 0 Å². The Balaban J connectivity index is 1.94. The summed E-state index contributed by atoms with van der Waals surface area (Å²) in [6.45, 7) is 1.61. The predicted octanol–water partition coefficient (Wildman–Crippen LogP) is -0.211. The SMILES string of the molecule is Cn1ncc(CN)c1NC(=O)NC1CCOC1. The zero-order valence-corrected chi connectivity index (χ0v) is 9.77. The van der Waals surface area contributed by atoms with E-state index < -0.39 is 0 Å². The molecular formula is C10H17N5O2. The Hall–Kier alpha value is -1.60. The first-order valence-electron chi connectivity index (χ1n) is 5.57. The van der Waals surface area contributed by atoms with E-state index in [1.54, 1.807) is 17.9 Å². The van der Waals surface area contributed by atoms with Crippen LogP contribution in [0.3, 0.4) is 0 Å². The number of ether oxygens (including phenoxy) is 1. The summed E-state index contributed by atoms with van der Waals surface area (Å²) in [4.78, 5) is 11.7. The van der Waals surface area contributed by atoms with E-state index in [0.29, 0.717) is 25.6 Å². The normalized spacial score (nSPS) is 19.3. The quantitative estimate of drug-likeness (QED) is 0.680. The van der Waals surface area contributed by atoms with Gasteiger partial charge in [0.1, 0.15) is 5.82 Å². The van der Waals surface area contributed by atoms with Crippen molar-refractivity contribution in [3.05, 3.63) is 11.8 Å². The Morgan fingerprint density at radius 1 is 1.76 bits per heavy atom. The Morgan fingerprint density at radius 3 is 3.24 bits per heavy atom. The largest absolute Gasteiger partial charge is 0.379 e. The average molecular weight is 239 g/mol. The lowest BCUT2D eigenvalue weighted by Gasteiger charge is -2.12. The first-order valence-corrected chi connectivity index (χ1v) is 5.57. The second-order valence-corrected chi connectivity index (χ2v) is 4.01. The molecule has 4 N–H and O–H groups in total. The fourth-order valence-electron chi connectivity index (χ4n) is 1.77. The number of nitrogens with zero attached hydrogens (tertiary/aromatic N) is 2. The smallest absolute Gasteiger partial charge is 0.320 e. The highest BCUT2D eigenvalue weighted by atomic mass is 16.5. The molecule has 7 nitrogen and oxygen atoms in total. The van der Waals surface area contributed by atoms with Crippen molar-refractivity contribution in [3.63, 3.8) is 0 Å². The molecule has 1 aromatic rings. The molecule has 94 valence electrons. The number of nitrogens with one attached hydrogen (secondary N) is 2. The topological polar surface area (TPSA) is 94.2 Å². The number of nitrogens with two attached hydrogens (primary N) is 1. The van der Waals surface area contributed by atoms with Crippen LogP contribution in [-0.4, -0.2) is 35.1 Å². The van der Waals surface area contributed by atoms with Crippen molar-refractivity contribution < 1.29 is 9.53 Å². The molecule has 1 aliphatic heterocycles. The zero-order chi connectivity index (χ0) is 12.3. The number of rotatable bonds is 3. The maximum absolute atomic E-state index is 11.7. The summed E-state index contributed by atoms with van der Waals surface area (Å²) in [6, 6.07) is -0.164. The number of urea groups is 1. The predicted molar refractivity (Wildman–Crippen MR) is 62.5 cm³/mol. The number of anilines is 1. The summed E-state index contributed by atoms with van der Waals surface area (Å²) in [5.41, 5.74) is 6.37. The molecule has 2 amide bonds. The van der Waals surface area contributed by atoms with Crippen LogP contribution in [0.2, 0.25) is 0 Å². The third kappa shape index (κ3) is 2.75. The first-order chi connectivity index (χ1) is 8.20. The van der Waals surface area contributed by atoms with Crippen LogP contribution in [0.4, 0.5) is 10.6 Å². The molecule has 1 unspecified atom stereocenters. The number of aromatic nitrogens is 2. The van der Waals surface area contributed by atoms with E-state index in [1.807, 2.05) is 0 Å². The van der Waals surface area contributed by atoms with Gasteiger partial charge in [-0.05, 0) is 6.42 Å². The van der Waals surface area contributed by atoms with Gasteiger partial charge in [0, 0.05) is 25.8 Å². The molecule has 0 spiro atoms. The van der Waals surface area contributed by atoms with E-state index in [-0.39, 0.29) is 12.1 Å². The molecule has 0 aliphatic carbocycles. The summed E-state index contributed by atoms with van der Waals surface area (Å²) in [6.07, 6.45) is 2.50. The molecule has 17 heavy (non-hydrogen) atoms. The van der Waals surface area contributed by atoms with Gasteiger partial charge in [-0.1, -0.05) is 0 Å². The summed E-state index contributed by atoms with van der Waals surface area (Å²) in [5.74, 6) is 0.629. The summed E-state index contributed by atoms with van der Waals surface area (Å²) in [7, 11) is 1.76. The third-order valence-corrected chi connectivity index (χ3v) is 2.73. The highest BCUT2D eigenvalue weighted by Crippen LogP contribution is 2.13. The van der Waals surface area contributed by atoms with Gasteiger partial charge in [-0.15, -0.1) is 0 Å². The molecule has 1 aliphatic rings. The van der Waals surface area contributed by atoms with Gasteiger partial charge >= 0.3 is 6.03 Å². The molecule has 2 heterocycles. The lowest BCUT2D eigenvalue weighted by molar-refractivity contribution is 0.189. The Bertz CT molecular complexity index is 397. The molecular weight excluding hydrogens is 222 g/mol. The molecule has 2 rings (SSSR count). The molecule has 0 bridgehead atoms. The molecule has 1 atom stereocenters. The second-order valence-electron chi connectivity index (χ2n) is 4.01. The third-order valence-electron chi connectivity index (χ3n) is 2.73. The van der Waals surface area contributed by atoms with Gasteiger partial charge < -0.3 is 15.8 Å². The van der Waals surface area contributed by atoms with E-state index >= 15 is 0 Å². The van der Waals surface area contributed by atoms with E-state index in [2.05, 4.69) is 15.7 Å². The monoisotopic (exact) mass is 239 g/mol. The minimum atomic E-state index is -0.251. The van der Waals surface area contributed by atoms with E-state index in [9.17, 15) is 4.79 Å². The molecule has 0 radical (unpaired) electrons. The highest BCUT2D eigenvalue weighted by Gasteiger charge is 2.18. The second kappa shape index (κ2) is 5.15. The number of amides is 2. The highest BCUT2D eigenvalue weighted by molar-refractivity contribution is 5.89. The number of hydrogen-bond donors (Lipinski definition) is 3. The van der Waals surface area contributed by atoms with Crippen molar-refractivity contribution in [1.82, 2.24) is 15.1 Å². The molecule has 0 aromatic carbocycles.